The van der Waals surface area contributed by atoms with Crippen molar-refractivity contribution < 1.29 is 9.47 Å². The molecule has 0 fully saturated rings. The van der Waals surface area contributed by atoms with Gasteiger partial charge < -0.3 is 20.1 Å². The van der Waals surface area contributed by atoms with Crippen molar-refractivity contribution in [3.63, 3.8) is 0 Å². The van der Waals surface area contributed by atoms with Gasteiger partial charge in [-0.05, 0) is 45.2 Å². The Morgan fingerprint density at radius 2 is 1.84 bits per heavy atom. The maximum atomic E-state index is 5.79. The van der Waals surface area contributed by atoms with E-state index in [0.29, 0.717) is 6.61 Å². The Labute approximate surface area is 170 Å². The average molecular weight is 463 g/mol. The molecule has 0 saturated carbocycles. The number of benzene rings is 1. The first-order valence-corrected chi connectivity index (χ1v) is 9.06. The van der Waals surface area contributed by atoms with Crippen LogP contribution in [-0.4, -0.2) is 45.4 Å². The smallest absolute Gasteiger partial charge is 0.191 e. The highest BCUT2D eigenvalue weighted by atomic mass is 127. The standard InChI is InChI=1S/C19H33N3O2.HI/c1-4-20-19(21-13-8-9-15-23-5-2)22-14-10-16-24-18-12-7-6-11-17(18)3;/h6-7,11-12H,4-5,8-10,13-16H2,1-3H3,(H2,20,21,22);1H. The molecule has 0 saturated heterocycles. The number of ether oxygens (including phenoxy) is 2. The normalized spacial score (nSPS) is 10.9. The van der Waals surface area contributed by atoms with Crippen molar-refractivity contribution in [3.05, 3.63) is 29.8 Å². The third-order valence-electron chi connectivity index (χ3n) is 3.48. The molecule has 1 aromatic carbocycles. The fourth-order valence-corrected chi connectivity index (χ4v) is 2.18. The molecule has 6 heteroatoms. The van der Waals surface area contributed by atoms with Gasteiger partial charge in [-0.1, -0.05) is 18.2 Å². The first-order chi connectivity index (χ1) is 11.8. The Morgan fingerprint density at radius 1 is 1.04 bits per heavy atom. The van der Waals surface area contributed by atoms with E-state index in [4.69, 9.17) is 9.47 Å². The van der Waals surface area contributed by atoms with Crippen LogP contribution in [0, 0.1) is 6.92 Å². The van der Waals surface area contributed by atoms with Gasteiger partial charge in [0.2, 0.25) is 0 Å². The maximum absolute atomic E-state index is 5.79. The summed E-state index contributed by atoms with van der Waals surface area (Å²) < 4.78 is 11.1. The number of nitrogens with one attached hydrogen (secondary N) is 2. The molecule has 0 bridgehead atoms. The summed E-state index contributed by atoms with van der Waals surface area (Å²) in [4.78, 5) is 4.58. The molecular weight excluding hydrogens is 429 g/mol. The van der Waals surface area contributed by atoms with Crippen molar-refractivity contribution >= 4 is 29.9 Å². The molecule has 0 atom stereocenters. The van der Waals surface area contributed by atoms with E-state index in [-0.39, 0.29) is 24.0 Å². The SMILES string of the molecule is CCNC(=NCCCOc1ccccc1C)NCCCCOCC.I. The summed E-state index contributed by atoms with van der Waals surface area (Å²) in [7, 11) is 0. The van der Waals surface area contributed by atoms with Gasteiger partial charge in [-0.3, -0.25) is 4.99 Å². The van der Waals surface area contributed by atoms with E-state index in [1.54, 1.807) is 0 Å². The summed E-state index contributed by atoms with van der Waals surface area (Å²) >= 11 is 0. The maximum Gasteiger partial charge on any atom is 0.191 e. The van der Waals surface area contributed by atoms with Crippen LogP contribution in [0.1, 0.15) is 38.7 Å². The molecule has 25 heavy (non-hydrogen) atoms. The minimum absolute atomic E-state index is 0. The molecule has 144 valence electrons. The van der Waals surface area contributed by atoms with Gasteiger partial charge in [0.15, 0.2) is 5.96 Å². The molecule has 0 aliphatic rings. The van der Waals surface area contributed by atoms with Gasteiger partial charge in [0.25, 0.3) is 0 Å². The quantitative estimate of drug-likeness (QED) is 0.215. The Bertz CT molecular complexity index is 470. The second-order valence-electron chi connectivity index (χ2n) is 5.56. The summed E-state index contributed by atoms with van der Waals surface area (Å²) in [5.74, 6) is 1.84. The van der Waals surface area contributed by atoms with E-state index < -0.39 is 0 Å². The van der Waals surface area contributed by atoms with Crippen molar-refractivity contribution in [3.8, 4) is 5.75 Å². The number of hydrogen-bond acceptors (Lipinski definition) is 3. The topological polar surface area (TPSA) is 54.9 Å². The molecule has 2 N–H and O–H groups in total. The van der Waals surface area contributed by atoms with Crippen molar-refractivity contribution in [2.24, 2.45) is 4.99 Å². The van der Waals surface area contributed by atoms with E-state index in [2.05, 4.69) is 35.5 Å². The number of rotatable bonds is 12. The van der Waals surface area contributed by atoms with Crippen molar-refractivity contribution in [1.29, 1.82) is 0 Å². The highest BCUT2D eigenvalue weighted by molar-refractivity contribution is 14.0. The highest BCUT2D eigenvalue weighted by Crippen LogP contribution is 2.16. The molecule has 0 radical (unpaired) electrons. The van der Waals surface area contributed by atoms with Crippen molar-refractivity contribution in [2.45, 2.75) is 40.0 Å². The molecule has 1 aromatic rings. The number of nitrogens with zero attached hydrogens (tertiary/aromatic N) is 1. The minimum atomic E-state index is 0. The highest BCUT2D eigenvalue weighted by Gasteiger charge is 1.99. The van der Waals surface area contributed by atoms with Gasteiger partial charge in [-0.2, -0.15) is 0 Å². The zero-order chi connectivity index (χ0) is 17.5. The summed E-state index contributed by atoms with van der Waals surface area (Å²) in [6, 6.07) is 8.09. The second kappa shape index (κ2) is 16.4. The summed E-state index contributed by atoms with van der Waals surface area (Å²) in [5, 5.41) is 6.63. The Hall–Kier alpha value is -1.02. The van der Waals surface area contributed by atoms with Crippen LogP contribution in [0.3, 0.4) is 0 Å². The lowest BCUT2D eigenvalue weighted by molar-refractivity contribution is 0.143. The van der Waals surface area contributed by atoms with Crippen LogP contribution < -0.4 is 15.4 Å². The second-order valence-corrected chi connectivity index (χ2v) is 5.56. The van der Waals surface area contributed by atoms with Crippen LogP contribution in [0.5, 0.6) is 5.75 Å². The number of unbranched alkanes of at least 4 members (excludes halogenated alkanes) is 1. The fourth-order valence-electron chi connectivity index (χ4n) is 2.18. The number of guanidine groups is 1. The molecule has 5 nitrogen and oxygen atoms in total. The Balaban J connectivity index is 0.00000576. The zero-order valence-electron chi connectivity index (χ0n) is 15.8. The number of para-hydroxylation sites is 1. The largest absolute Gasteiger partial charge is 0.493 e. The molecule has 0 aliphatic carbocycles. The van der Waals surface area contributed by atoms with E-state index in [0.717, 1.165) is 63.8 Å². The predicted octanol–water partition coefficient (Wildman–Crippen LogP) is 3.75. The summed E-state index contributed by atoms with van der Waals surface area (Å²) in [5.41, 5.74) is 1.17. The molecular formula is C19H34IN3O2. The molecule has 0 heterocycles. The van der Waals surface area contributed by atoms with Crippen molar-refractivity contribution in [1.82, 2.24) is 10.6 Å². The molecule has 1 rings (SSSR count). The first kappa shape index (κ1) is 24.0. The average Bonchev–Trinajstić information content (AvgIpc) is 2.59. The lowest BCUT2D eigenvalue weighted by atomic mass is 10.2. The third kappa shape index (κ3) is 12.0. The predicted molar refractivity (Wildman–Crippen MR) is 116 cm³/mol. The van der Waals surface area contributed by atoms with Crippen molar-refractivity contribution in [2.75, 3.05) is 39.5 Å². The molecule has 0 aromatic heterocycles. The fraction of sp³-hybridized carbons (Fsp3) is 0.632. The van der Waals surface area contributed by atoms with Crippen LogP contribution >= 0.6 is 24.0 Å². The van der Waals surface area contributed by atoms with Gasteiger partial charge in [0, 0.05) is 39.3 Å². The van der Waals surface area contributed by atoms with E-state index in [9.17, 15) is 0 Å². The number of aryl methyl sites for hydroxylation is 1. The van der Waals surface area contributed by atoms with E-state index in [1.807, 2.05) is 25.1 Å². The molecule has 0 unspecified atom stereocenters. The number of hydrogen-bond donors (Lipinski definition) is 2. The molecule has 0 aliphatic heterocycles. The Kier molecular flexibility index (Phi) is 15.8. The van der Waals surface area contributed by atoms with Gasteiger partial charge in [0.1, 0.15) is 5.75 Å². The molecule has 0 spiro atoms. The van der Waals surface area contributed by atoms with Crippen LogP contribution in [0.15, 0.2) is 29.3 Å². The van der Waals surface area contributed by atoms with Gasteiger partial charge in [-0.25, -0.2) is 0 Å². The van der Waals surface area contributed by atoms with Crippen LogP contribution in [0.2, 0.25) is 0 Å². The molecule has 0 amide bonds. The lowest BCUT2D eigenvalue weighted by Gasteiger charge is -2.11. The third-order valence-corrected chi connectivity index (χ3v) is 3.48. The van der Waals surface area contributed by atoms with E-state index in [1.165, 1.54) is 5.56 Å². The minimum Gasteiger partial charge on any atom is -0.493 e. The van der Waals surface area contributed by atoms with Gasteiger partial charge in [-0.15, -0.1) is 24.0 Å². The van der Waals surface area contributed by atoms with Gasteiger partial charge in [0.05, 0.1) is 6.61 Å². The van der Waals surface area contributed by atoms with Crippen LogP contribution in [0.4, 0.5) is 0 Å². The van der Waals surface area contributed by atoms with Gasteiger partial charge >= 0.3 is 0 Å². The lowest BCUT2D eigenvalue weighted by Crippen LogP contribution is -2.38. The van der Waals surface area contributed by atoms with E-state index >= 15 is 0 Å². The Morgan fingerprint density at radius 3 is 2.56 bits per heavy atom. The monoisotopic (exact) mass is 463 g/mol. The number of aliphatic imine (C=N–C) groups is 1. The van der Waals surface area contributed by atoms with Crippen LogP contribution in [-0.2, 0) is 4.74 Å². The number of halogens is 1. The summed E-state index contributed by atoms with van der Waals surface area (Å²) in [6.07, 6.45) is 3.06. The zero-order valence-corrected chi connectivity index (χ0v) is 18.2. The first-order valence-electron chi connectivity index (χ1n) is 9.06. The van der Waals surface area contributed by atoms with Crippen LogP contribution in [0.25, 0.3) is 0 Å². The summed E-state index contributed by atoms with van der Waals surface area (Å²) in [6.45, 7) is 11.0.